The third-order valence-electron chi connectivity index (χ3n) is 2.70. The van der Waals surface area contributed by atoms with Crippen molar-refractivity contribution in [1.29, 1.82) is 0 Å². The normalized spacial score (nSPS) is 16.7. The molecule has 0 unspecified atom stereocenters. The lowest BCUT2D eigenvalue weighted by Crippen LogP contribution is -2.24. The average Bonchev–Trinajstić information content (AvgIpc) is 2.25. The number of hydrogen-bond acceptors (Lipinski definition) is 2. The molecule has 1 aliphatic heterocycles. The number of rotatable bonds is 0. The van der Waals surface area contributed by atoms with E-state index in [1.165, 1.54) is 32.4 Å². The van der Waals surface area contributed by atoms with Gasteiger partial charge in [-0.2, -0.15) is 0 Å². The van der Waals surface area contributed by atoms with Gasteiger partial charge in [0.1, 0.15) is 5.75 Å². The maximum absolute atomic E-state index is 8.92. The smallest absolute Gasteiger partial charge is 0.118 e. The van der Waals surface area contributed by atoms with E-state index in [2.05, 4.69) is 11.9 Å². The van der Waals surface area contributed by atoms with Gasteiger partial charge in [-0.25, -0.2) is 0 Å². The summed E-state index contributed by atoms with van der Waals surface area (Å²) in [6.45, 7) is 4.51. The Kier molecular flexibility index (Phi) is 5.19. The van der Waals surface area contributed by atoms with Gasteiger partial charge in [-0.05, 0) is 51.5 Å². The van der Waals surface area contributed by atoms with Crippen LogP contribution in [-0.2, 0) is 0 Å². The van der Waals surface area contributed by atoms with Gasteiger partial charge in [0.2, 0.25) is 0 Å². The Morgan fingerprint density at radius 1 is 1.07 bits per heavy atom. The molecule has 15 heavy (non-hydrogen) atoms. The van der Waals surface area contributed by atoms with Gasteiger partial charge in [-0.3, -0.25) is 0 Å². The number of benzene rings is 1. The van der Waals surface area contributed by atoms with Crippen LogP contribution in [0.25, 0.3) is 0 Å². The van der Waals surface area contributed by atoms with E-state index in [0.717, 1.165) is 5.56 Å². The van der Waals surface area contributed by atoms with Crippen molar-refractivity contribution in [3.63, 3.8) is 0 Å². The zero-order chi connectivity index (χ0) is 11.1. The van der Waals surface area contributed by atoms with Crippen LogP contribution in [0.15, 0.2) is 24.3 Å². The van der Waals surface area contributed by atoms with E-state index in [-0.39, 0.29) is 0 Å². The molecule has 84 valence electrons. The first-order valence-electron chi connectivity index (χ1n) is 5.63. The van der Waals surface area contributed by atoms with E-state index in [0.29, 0.717) is 5.75 Å². The lowest BCUT2D eigenvalue weighted by atomic mass is 10.1. The van der Waals surface area contributed by atoms with Crippen molar-refractivity contribution in [1.82, 2.24) is 4.90 Å². The van der Waals surface area contributed by atoms with Crippen LogP contribution in [0.4, 0.5) is 0 Å². The van der Waals surface area contributed by atoms with Gasteiger partial charge in [0.05, 0.1) is 0 Å². The molecule has 2 rings (SSSR count). The molecule has 2 nitrogen and oxygen atoms in total. The molecule has 1 aliphatic rings. The molecule has 1 fully saturated rings. The second-order valence-electron chi connectivity index (χ2n) is 4.15. The summed E-state index contributed by atoms with van der Waals surface area (Å²) >= 11 is 0. The first kappa shape index (κ1) is 12.1. The fourth-order valence-corrected chi connectivity index (χ4v) is 1.62. The molecule has 1 heterocycles. The lowest BCUT2D eigenvalue weighted by molar-refractivity contribution is 0.277. The van der Waals surface area contributed by atoms with Crippen LogP contribution in [0.5, 0.6) is 5.75 Å². The number of hydrogen-bond donors (Lipinski definition) is 1. The van der Waals surface area contributed by atoms with Gasteiger partial charge in [-0.1, -0.05) is 24.6 Å². The molecule has 0 spiro atoms. The topological polar surface area (TPSA) is 23.5 Å². The Morgan fingerprint density at radius 3 is 2.00 bits per heavy atom. The average molecular weight is 207 g/mol. The summed E-state index contributed by atoms with van der Waals surface area (Å²) in [5, 5.41) is 8.92. The molecule has 2 heteroatoms. The zero-order valence-corrected chi connectivity index (χ0v) is 9.74. The van der Waals surface area contributed by atoms with Crippen molar-refractivity contribution in [2.24, 2.45) is 0 Å². The molecule has 1 N–H and O–H groups in total. The van der Waals surface area contributed by atoms with Crippen molar-refractivity contribution in [3.05, 3.63) is 29.8 Å². The summed E-state index contributed by atoms with van der Waals surface area (Å²) < 4.78 is 0. The van der Waals surface area contributed by atoms with Crippen LogP contribution in [0, 0.1) is 6.92 Å². The Bertz CT molecular complexity index is 259. The molecule has 1 aromatic rings. The van der Waals surface area contributed by atoms with Crippen molar-refractivity contribution >= 4 is 0 Å². The molecule has 0 radical (unpaired) electrons. The Morgan fingerprint density at radius 2 is 1.67 bits per heavy atom. The minimum Gasteiger partial charge on any atom is -0.508 e. The minimum atomic E-state index is 0.368. The number of likely N-dealkylation sites (tertiary alicyclic amines) is 1. The van der Waals surface area contributed by atoms with Crippen LogP contribution < -0.4 is 0 Å². The quantitative estimate of drug-likeness (QED) is 0.707. The number of aromatic hydroxyl groups is 1. The molecule has 1 aromatic carbocycles. The number of phenols is 1. The molecular formula is C13H21NO. The van der Waals surface area contributed by atoms with Crippen molar-refractivity contribution < 1.29 is 5.11 Å². The molecule has 0 aliphatic carbocycles. The third kappa shape index (κ3) is 4.84. The van der Waals surface area contributed by atoms with Crippen LogP contribution in [-0.4, -0.2) is 30.1 Å². The predicted octanol–water partition coefficient (Wildman–Crippen LogP) is 2.80. The monoisotopic (exact) mass is 207 g/mol. The van der Waals surface area contributed by atoms with E-state index in [1.807, 2.05) is 25.1 Å². The summed E-state index contributed by atoms with van der Waals surface area (Å²) in [4.78, 5) is 2.39. The van der Waals surface area contributed by atoms with E-state index >= 15 is 0 Å². The Labute approximate surface area is 92.5 Å². The fraction of sp³-hybridized carbons (Fsp3) is 0.538. The highest BCUT2D eigenvalue weighted by Gasteiger charge is 2.02. The molecular weight excluding hydrogens is 186 g/mol. The summed E-state index contributed by atoms with van der Waals surface area (Å²) in [5.41, 5.74) is 0.924. The highest BCUT2D eigenvalue weighted by atomic mass is 16.3. The minimum absolute atomic E-state index is 0.368. The van der Waals surface area contributed by atoms with E-state index in [4.69, 9.17) is 5.11 Å². The fourth-order valence-electron chi connectivity index (χ4n) is 1.62. The predicted molar refractivity (Wildman–Crippen MR) is 64.2 cm³/mol. The summed E-state index contributed by atoms with van der Waals surface area (Å²) in [6, 6.07) is 7.25. The number of piperidine rings is 1. The maximum atomic E-state index is 8.92. The Hall–Kier alpha value is -1.02. The van der Waals surface area contributed by atoms with E-state index in [1.54, 1.807) is 6.07 Å². The highest BCUT2D eigenvalue weighted by molar-refractivity contribution is 5.29. The lowest BCUT2D eigenvalue weighted by Gasteiger charge is -2.20. The Balaban J connectivity index is 0.000000151. The molecule has 0 saturated carbocycles. The highest BCUT2D eigenvalue weighted by Crippen LogP contribution is 2.12. The van der Waals surface area contributed by atoms with Gasteiger partial charge < -0.3 is 10.0 Å². The van der Waals surface area contributed by atoms with Gasteiger partial charge in [-0.15, -0.1) is 0 Å². The van der Waals surface area contributed by atoms with Gasteiger partial charge in [0, 0.05) is 0 Å². The number of phenolic OH excluding ortho intramolecular Hbond substituents is 1. The van der Waals surface area contributed by atoms with Gasteiger partial charge in [0.25, 0.3) is 0 Å². The summed E-state index contributed by atoms with van der Waals surface area (Å²) in [6.07, 6.45) is 4.28. The zero-order valence-electron chi connectivity index (χ0n) is 9.74. The van der Waals surface area contributed by atoms with Crippen molar-refractivity contribution in [3.8, 4) is 5.75 Å². The molecule has 0 bridgehead atoms. The van der Waals surface area contributed by atoms with Crippen LogP contribution in [0.1, 0.15) is 24.8 Å². The van der Waals surface area contributed by atoms with Crippen molar-refractivity contribution in [2.75, 3.05) is 20.1 Å². The van der Waals surface area contributed by atoms with Crippen LogP contribution >= 0.6 is 0 Å². The number of nitrogens with zero attached hydrogens (tertiary/aromatic N) is 1. The molecule has 0 aromatic heterocycles. The largest absolute Gasteiger partial charge is 0.508 e. The van der Waals surface area contributed by atoms with Crippen molar-refractivity contribution in [2.45, 2.75) is 26.2 Å². The molecule has 0 atom stereocenters. The van der Waals surface area contributed by atoms with Crippen LogP contribution in [0.3, 0.4) is 0 Å². The molecule has 0 amide bonds. The van der Waals surface area contributed by atoms with Gasteiger partial charge in [0.15, 0.2) is 0 Å². The van der Waals surface area contributed by atoms with Gasteiger partial charge >= 0.3 is 0 Å². The first-order chi connectivity index (χ1) is 7.20. The number of aryl methyl sites for hydroxylation is 1. The second-order valence-corrected chi connectivity index (χ2v) is 4.15. The van der Waals surface area contributed by atoms with E-state index in [9.17, 15) is 0 Å². The second kappa shape index (κ2) is 6.46. The summed E-state index contributed by atoms with van der Waals surface area (Å²) in [7, 11) is 2.19. The SMILES string of the molecule is CN1CCCCC1.Cc1ccccc1O. The van der Waals surface area contributed by atoms with E-state index < -0.39 is 0 Å². The first-order valence-corrected chi connectivity index (χ1v) is 5.63. The summed E-state index contributed by atoms with van der Waals surface area (Å²) in [5.74, 6) is 0.368. The van der Waals surface area contributed by atoms with Crippen LogP contribution in [0.2, 0.25) is 0 Å². The number of para-hydroxylation sites is 1. The molecule has 1 saturated heterocycles. The maximum Gasteiger partial charge on any atom is 0.118 e. The third-order valence-corrected chi connectivity index (χ3v) is 2.70. The standard InChI is InChI=1S/C7H8O.C6H13N/c1-6-4-2-3-5-7(6)8;1-7-5-3-2-4-6-7/h2-5,8H,1H3;2-6H2,1H3.